The van der Waals surface area contributed by atoms with Crippen molar-refractivity contribution in [3.05, 3.63) is 17.5 Å². The van der Waals surface area contributed by atoms with Crippen LogP contribution >= 0.6 is 11.6 Å². The van der Waals surface area contributed by atoms with Gasteiger partial charge in [-0.1, -0.05) is 18.5 Å². The van der Waals surface area contributed by atoms with E-state index in [0.717, 1.165) is 24.3 Å². The van der Waals surface area contributed by atoms with E-state index in [1.54, 1.807) is 0 Å². The standard InChI is InChI=1S/C8H12ClNO/c1-2-3-4-7-5-8(6-9)11-10-7/h5H,2-4,6H2,1H3. The Morgan fingerprint density at radius 3 is 3.00 bits per heavy atom. The van der Waals surface area contributed by atoms with Crippen LogP contribution in [0.3, 0.4) is 0 Å². The molecule has 0 aliphatic heterocycles. The van der Waals surface area contributed by atoms with E-state index in [9.17, 15) is 0 Å². The van der Waals surface area contributed by atoms with Crippen molar-refractivity contribution in [3.63, 3.8) is 0 Å². The molecule has 0 fully saturated rings. The van der Waals surface area contributed by atoms with Crippen LogP contribution in [0.25, 0.3) is 0 Å². The second-order valence-electron chi connectivity index (χ2n) is 2.52. The molecule has 0 unspecified atom stereocenters. The summed E-state index contributed by atoms with van der Waals surface area (Å²) < 4.78 is 4.93. The Labute approximate surface area is 71.5 Å². The minimum absolute atomic E-state index is 0.416. The van der Waals surface area contributed by atoms with Crippen molar-refractivity contribution in [1.82, 2.24) is 5.16 Å². The van der Waals surface area contributed by atoms with Crippen molar-refractivity contribution < 1.29 is 4.52 Å². The predicted molar refractivity (Wildman–Crippen MR) is 44.7 cm³/mol. The summed E-state index contributed by atoms with van der Waals surface area (Å²) in [6, 6.07) is 1.92. The van der Waals surface area contributed by atoms with E-state index >= 15 is 0 Å². The quantitative estimate of drug-likeness (QED) is 0.655. The first-order valence-electron chi connectivity index (χ1n) is 3.87. The molecule has 0 bridgehead atoms. The van der Waals surface area contributed by atoms with Crippen LogP contribution in [0, 0.1) is 0 Å². The molecule has 1 heterocycles. The molecule has 1 aromatic heterocycles. The van der Waals surface area contributed by atoms with Gasteiger partial charge < -0.3 is 4.52 Å². The molecule has 0 aromatic carbocycles. The molecule has 0 spiro atoms. The van der Waals surface area contributed by atoms with Crippen LogP contribution in [0.15, 0.2) is 10.6 Å². The first kappa shape index (κ1) is 8.60. The van der Waals surface area contributed by atoms with Gasteiger partial charge in [0, 0.05) is 6.07 Å². The normalized spacial score (nSPS) is 10.4. The zero-order chi connectivity index (χ0) is 8.10. The lowest BCUT2D eigenvalue weighted by Crippen LogP contribution is -1.82. The third-order valence-electron chi connectivity index (χ3n) is 1.53. The summed E-state index contributed by atoms with van der Waals surface area (Å²) in [6.07, 6.45) is 3.34. The van der Waals surface area contributed by atoms with Crippen LogP contribution in [0.2, 0.25) is 0 Å². The van der Waals surface area contributed by atoms with E-state index in [1.807, 2.05) is 6.07 Å². The number of unbranched alkanes of at least 4 members (excludes halogenated alkanes) is 1. The lowest BCUT2D eigenvalue weighted by Gasteiger charge is -1.88. The maximum Gasteiger partial charge on any atom is 0.151 e. The first-order valence-corrected chi connectivity index (χ1v) is 4.40. The molecule has 0 aliphatic carbocycles. The van der Waals surface area contributed by atoms with Crippen molar-refractivity contribution in [1.29, 1.82) is 0 Å². The molecule has 3 heteroatoms. The Balaban J connectivity index is 2.44. The molecule has 62 valence electrons. The van der Waals surface area contributed by atoms with Crippen LogP contribution in [0.5, 0.6) is 0 Å². The average Bonchev–Trinajstić information content (AvgIpc) is 2.48. The van der Waals surface area contributed by atoms with Gasteiger partial charge in [0.25, 0.3) is 0 Å². The van der Waals surface area contributed by atoms with Crippen molar-refractivity contribution in [3.8, 4) is 0 Å². The number of aromatic nitrogens is 1. The Morgan fingerprint density at radius 2 is 2.45 bits per heavy atom. The van der Waals surface area contributed by atoms with Gasteiger partial charge in [-0.2, -0.15) is 0 Å². The highest BCUT2D eigenvalue weighted by molar-refractivity contribution is 6.16. The molecule has 0 atom stereocenters. The maximum absolute atomic E-state index is 5.54. The minimum Gasteiger partial charge on any atom is -0.360 e. The summed E-state index contributed by atoms with van der Waals surface area (Å²) in [5.74, 6) is 1.18. The Hall–Kier alpha value is -0.500. The number of hydrogen-bond donors (Lipinski definition) is 0. The Kier molecular flexibility index (Phi) is 3.43. The third-order valence-corrected chi connectivity index (χ3v) is 1.79. The van der Waals surface area contributed by atoms with Gasteiger partial charge in [0.1, 0.15) is 0 Å². The van der Waals surface area contributed by atoms with Gasteiger partial charge in [0.15, 0.2) is 5.76 Å². The third kappa shape index (κ3) is 2.54. The molecule has 1 aromatic rings. The van der Waals surface area contributed by atoms with Gasteiger partial charge in [-0.3, -0.25) is 0 Å². The number of halogens is 1. The van der Waals surface area contributed by atoms with Crippen LogP contribution in [-0.2, 0) is 12.3 Å². The minimum atomic E-state index is 0.416. The highest BCUT2D eigenvalue weighted by Gasteiger charge is 2.00. The molecule has 0 radical (unpaired) electrons. The first-order chi connectivity index (χ1) is 5.36. The van der Waals surface area contributed by atoms with Crippen LogP contribution < -0.4 is 0 Å². The van der Waals surface area contributed by atoms with E-state index < -0.39 is 0 Å². The van der Waals surface area contributed by atoms with Crippen molar-refractivity contribution >= 4 is 11.6 Å². The van der Waals surface area contributed by atoms with E-state index in [0.29, 0.717) is 5.88 Å². The van der Waals surface area contributed by atoms with Crippen molar-refractivity contribution in [2.24, 2.45) is 0 Å². The Bertz CT molecular complexity index is 210. The molecule has 0 amide bonds. The fourth-order valence-corrected chi connectivity index (χ4v) is 1.02. The molecule has 0 N–H and O–H groups in total. The van der Waals surface area contributed by atoms with E-state index in [2.05, 4.69) is 12.1 Å². The highest BCUT2D eigenvalue weighted by Crippen LogP contribution is 2.08. The summed E-state index contributed by atoms with van der Waals surface area (Å²) in [6.45, 7) is 2.16. The van der Waals surface area contributed by atoms with Gasteiger partial charge in [0.05, 0.1) is 11.6 Å². The predicted octanol–water partition coefficient (Wildman–Crippen LogP) is 2.76. The lowest BCUT2D eigenvalue weighted by atomic mass is 10.2. The summed E-state index contributed by atoms with van der Waals surface area (Å²) in [7, 11) is 0. The largest absolute Gasteiger partial charge is 0.360 e. The van der Waals surface area contributed by atoms with Gasteiger partial charge in [-0.05, 0) is 12.8 Å². The number of aryl methyl sites for hydroxylation is 1. The van der Waals surface area contributed by atoms with Crippen LogP contribution in [0.4, 0.5) is 0 Å². The van der Waals surface area contributed by atoms with Crippen molar-refractivity contribution in [2.75, 3.05) is 0 Å². The second-order valence-corrected chi connectivity index (χ2v) is 2.79. The SMILES string of the molecule is CCCCc1cc(CCl)on1. The molecule has 1 rings (SSSR count). The summed E-state index contributed by atoms with van der Waals surface area (Å²) in [4.78, 5) is 0. The van der Waals surface area contributed by atoms with Gasteiger partial charge in [-0.25, -0.2) is 0 Å². The fourth-order valence-electron chi connectivity index (χ4n) is 0.894. The van der Waals surface area contributed by atoms with Crippen molar-refractivity contribution in [2.45, 2.75) is 32.1 Å². The summed E-state index contributed by atoms with van der Waals surface area (Å²) in [5, 5.41) is 3.87. The second kappa shape index (κ2) is 4.39. The number of hydrogen-bond acceptors (Lipinski definition) is 2. The molecule has 2 nitrogen and oxygen atoms in total. The molecule has 0 saturated heterocycles. The van der Waals surface area contributed by atoms with Gasteiger partial charge in [0.2, 0.25) is 0 Å². The van der Waals surface area contributed by atoms with Gasteiger partial charge >= 0.3 is 0 Å². The van der Waals surface area contributed by atoms with E-state index in [-0.39, 0.29) is 0 Å². The molecular formula is C8H12ClNO. The smallest absolute Gasteiger partial charge is 0.151 e. The van der Waals surface area contributed by atoms with E-state index in [1.165, 1.54) is 6.42 Å². The molecular weight excluding hydrogens is 162 g/mol. The number of nitrogens with zero attached hydrogens (tertiary/aromatic N) is 1. The number of alkyl halides is 1. The fraction of sp³-hybridized carbons (Fsp3) is 0.625. The van der Waals surface area contributed by atoms with Gasteiger partial charge in [-0.15, -0.1) is 11.6 Å². The Morgan fingerprint density at radius 1 is 1.64 bits per heavy atom. The van der Waals surface area contributed by atoms with E-state index in [4.69, 9.17) is 16.1 Å². The zero-order valence-corrected chi connectivity index (χ0v) is 7.40. The average molecular weight is 174 g/mol. The van der Waals surface area contributed by atoms with Crippen LogP contribution in [0.1, 0.15) is 31.2 Å². The topological polar surface area (TPSA) is 26.0 Å². The monoisotopic (exact) mass is 173 g/mol. The molecule has 0 saturated carbocycles. The lowest BCUT2D eigenvalue weighted by molar-refractivity contribution is 0.387. The summed E-state index contributed by atoms with van der Waals surface area (Å²) in [5.41, 5.74) is 1.02. The molecule has 0 aliphatic rings. The zero-order valence-electron chi connectivity index (χ0n) is 6.64. The van der Waals surface area contributed by atoms with Crippen LogP contribution in [-0.4, -0.2) is 5.16 Å². The maximum atomic E-state index is 5.54. The summed E-state index contributed by atoms with van der Waals surface area (Å²) >= 11 is 5.54. The highest BCUT2D eigenvalue weighted by atomic mass is 35.5. The number of rotatable bonds is 4. The molecule has 11 heavy (non-hydrogen) atoms.